The lowest BCUT2D eigenvalue weighted by molar-refractivity contribution is 0.260. The maximum absolute atomic E-state index is 4.09. The molecule has 1 aromatic carbocycles. The van der Waals surface area contributed by atoms with Crippen molar-refractivity contribution >= 4 is 0 Å². The lowest BCUT2D eigenvalue weighted by atomic mass is 10.1. The Labute approximate surface area is 126 Å². The molecule has 0 bridgehead atoms. The molecule has 0 aliphatic carbocycles. The fourth-order valence-electron chi connectivity index (χ4n) is 3.00. The van der Waals surface area contributed by atoms with E-state index in [2.05, 4.69) is 50.1 Å². The van der Waals surface area contributed by atoms with Crippen LogP contribution in [-0.4, -0.2) is 40.6 Å². The zero-order valence-electron chi connectivity index (χ0n) is 12.5. The summed E-state index contributed by atoms with van der Waals surface area (Å²) in [5.74, 6) is 0. The molecule has 21 heavy (non-hydrogen) atoms. The van der Waals surface area contributed by atoms with Gasteiger partial charge >= 0.3 is 0 Å². The molecule has 2 aromatic rings. The third kappa shape index (κ3) is 4.16. The zero-order chi connectivity index (χ0) is 14.3. The van der Waals surface area contributed by atoms with Crippen molar-refractivity contribution in [1.82, 2.24) is 19.8 Å². The summed E-state index contributed by atoms with van der Waals surface area (Å²) in [5.41, 5.74) is 1.40. The van der Waals surface area contributed by atoms with Crippen molar-refractivity contribution in [3.05, 3.63) is 54.6 Å². The highest BCUT2D eigenvalue weighted by Gasteiger charge is 2.18. The molecule has 2 heterocycles. The van der Waals surface area contributed by atoms with E-state index >= 15 is 0 Å². The Morgan fingerprint density at radius 3 is 2.90 bits per heavy atom. The molecule has 0 amide bonds. The lowest BCUT2D eigenvalue weighted by Crippen LogP contribution is -2.32. The Kier molecular flexibility index (Phi) is 5.03. The topological polar surface area (TPSA) is 33.1 Å². The first-order valence-corrected chi connectivity index (χ1v) is 7.88. The van der Waals surface area contributed by atoms with Crippen molar-refractivity contribution in [3.8, 4) is 0 Å². The van der Waals surface area contributed by atoms with E-state index in [1.807, 2.05) is 18.7 Å². The van der Waals surface area contributed by atoms with Crippen LogP contribution >= 0.6 is 0 Å². The third-order valence-corrected chi connectivity index (χ3v) is 4.13. The molecule has 1 fully saturated rings. The van der Waals surface area contributed by atoms with Crippen molar-refractivity contribution in [3.63, 3.8) is 0 Å². The molecule has 1 aliphatic rings. The molecule has 4 heteroatoms. The highest BCUT2D eigenvalue weighted by molar-refractivity contribution is 5.19. The highest BCUT2D eigenvalue weighted by atomic mass is 15.2. The van der Waals surface area contributed by atoms with Gasteiger partial charge in [0.2, 0.25) is 0 Å². The number of nitrogens with one attached hydrogen (secondary N) is 1. The minimum atomic E-state index is 0.460. The van der Waals surface area contributed by atoms with Gasteiger partial charge in [-0.1, -0.05) is 30.3 Å². The van der Waals surface area contributed by atoms with E-state index in [4.69, 9.17) is 0 Å². The van der Waals surface area contributed by atoms with Crippen LogP contribution in [0, 0.1) is 0 Å². The molecule has 1 unspecified atom stereocenters. The molecular formula is C17H24N4. The van der Waals surface area contributed by atoms with Gasteiger partial charge in [0.05, 0.1) is 6.33 Å². The molecule has 1 N–H and O–H groups in total. The third-order valence-electron chi connectivity index (χ3n) is 4.13. The first-order chi connectivity index (χ1) is 10.4. The van der Waals surface area contributed by atoms with Crippen molar-refractivity contribution in [1.29, 1.82) is 0 Å². The zero-order valence-corrected chi connectivity index (χ0v) is 12.5. The van der Waals surface area contributed by atoms with Crippen LogP contribution < -0.4 is 5.32 Å². The van der Waals surface area contributed by atoms with Gasteiger partial charge in [-0.3, -0.25) is 0 Å². The van der Waals surface area contributed by atoms with E-state index < -0.39 is 0 Å². The summed E-state index contributed by atoms with van der Waals surface area (Å²) in [6.45, 7) is 5.62. The Morgan fingerprint density at radius 2 is 2.10 bits per heavy atom. The summed E-state index contributed by atoms with van der Waals surface area (Å²) in [7, 11) is 0. The summed E-state index contributed by atoms with van der Waals surface area (Å²) in [4.78, 5) is 6.69. The number of benzene rings is 1. The van der Waals surface area contributed by atoms with E-state index in [0.29, 0.717) is 6.04 Å². The van der Waals surface area contributed by atoms with Crippen LogP contribution in [-0.2, 0) is 6.54 Å². The minimum absolute atomic E-state index is 0.460. The van der Waals surface area contributed by atoms with Gasteiger partial charge in [0.25, 0.3) is 0 Å². The van der Waals surface area contributed by atoms with E-state index in [1.165, 1.54) is 24.9 Å². The van der Waals surface area contributed by atoms with E-state index in [-0.39, 0.29) is 0 Å². The Balaban J connectivity index is 1.52. The first-order valence-electron chi connectivity index (χ1n) is 7.88. The normalized spacial score (nSPS) is 20.3. The number of hydrogen-bond acceptors (Lipinski definition) is 3. The molecular weight excluding hydrogens is 260 g/mol. The standard InChI is InChI=1S/C17H24N4/c1-2-6-16(7-3-1)17-14-20(10-4-8-19-17)11-5-12-21-13-9-18-15-21/h1-3,6-7,9,13,15,17,19H,4-5,8,10-12,14H2. The van der Waals surface area contributed by atoms with Crippen LogP contribution in [0.5, 0.6) is 0 Å². The minimum Gasteiger partial charge on any atom is -0.337 e. The van der Waals surface area contributed by atoms with Crippen LogP contribution in [0.15, 0.2) is 49.1 Å². The Hall–Kier alpha value is -1.65. The molecule has 0 radical (unpaired) electrons. The highest BCUT2D eigenvalue weighted by Crippen LogP contribution is 2.17. The Morgan fingerprint density at radius 1 is 1.19 bits per heavy atom. The van der Waals surface area contributed by atoms with Crippen LogP contribution in [0.4, 0.5) is 0 Å². The van der Waals surface area contributed by atoms with E-state index in [0.717, 1.165) is 26.2 Å². The number of nitrogens with zero attached hydrogens (tertiary/aromatic N) is 3. The smallest absolute Gasteiger partial charge is 0.0945 e. The molecule has 1 atom stereocenters. The van der Waals surface area contributed by atoms with Crippen LogP contribution in [0.2, 0.25) is 0 Å². The number of imidazole rings is 1. The predicted octanol–water partition coefficient (Wildman–Crippen LogP) is 2.31. The molecule has 1 aromatic heterocycles. The first kappa shape index (κ1) is 14.3. The number of aryl methyl sites for hydroxylation is 1. The molecule has 1 aliphatic heterocycles. The van der Waals surface area contributed by atoms with Gasteiger partial charge in [0.1, 0.15) is 0 Å². The monoisotopic (exact) mass is 284 g/mol. The average molecular weight is 284 g/mol. The molecule has 1 saturated heterocycles. The van der Waals surface area contributed by atoms with E-state index in [9.17, 15) is 0 Å². The SMILES string of the molecule is c1ccc(C2CN(CCCn3ccnc3)CCCN2)cc1. The predicted molar refractivity (Wildman–Crippen MR) is 85.1 cm³/mol. The second kappa shape index (κ2) is 7.38. The second-order valence-electron chi connectivity index (χ2n) is 5.73. The molecule has 3 rings (SSSR count). The van der Waals surface area contributed by atoms with Crippen LogP contribution in [0.25, 0.3) is 0 Å². The second-order valence-corrected chi connectivity index (χ2v) is 5.73. The summed E-state index contributed by atoms with van der Waals surface area (Å²) in [5, 5.41) is 3.67. The van der Waals surface area contributed by atoms with Gasteiger partial charge in [-0.25, -0.2) is 4.98 Å². The maximum atomic E-state index is 4.09. The number of aromatic nitrogens is 2. The van der Waals surface area contributed by atoms with Gasteiger partial charge in [0.15, 0.2) is 0 Å². The van der Waals surface area contributed by atoms with Crippen LogP contribution in [0.1, 0.15) is 24.4 Å². The number of hydrogen-bond donors (Lipinski definition) is 1. The summed E-state index contributed by atoms with van der Waals surface area (Å²) in [6, 6.07) is 11.3. The lowest BCUT2D eigenvalue weighted by Gasteiger charge is -2.24. The van der Waals surface area contributed by atoms with Gasteiger partial charge in [-0.05, 0) is 38.0 Å². The number of rotatable bonds is 5. The molecule has 0 spiro atoms. The maximum Gasteiger partial charge on any atom is 0.0945 e. The van der Waals surface area contributed by atoms with Crippen molar-refractivity contribution in [2.75, 3.05) is 26.2 Å². The van der Waals surface area contributed by atoms with Crippen molar-refractivity contribution in [2.24, 2.45) is 0 Å². The van der Waals surface area contributed by atoms with Crippen LogP contribution in [0.3, 0.4) is 0 Å². The van der Waals surface area contributed by atoms with Gasteiger partial charge < -0.3 is 14.8 Å². The molecule has 4 nitrogen and oxygen atoms in total. The molecule has 0 saturated carbocycles. The quantitative estimate of drug-likeness (QED) is 0.914. The fourth-order valence-corrected chi connectivity index (χ4v) is 3.00. The fraction of sp³-hybridized carbons (Fsp3) is 0.471. The van der Waals surface area contributed by atoms with E-state index in [1.54, 1.807) is 0 Å². The molecule has 112 valence electrons. The summed E-state index contributed by atoms with van der Waals surface area (Å²) < 4.78 is 2.16. The van der Waals surface area contributed by atoms with Crippen molar-refractivity contribution < 1.29 is 0 Å². The van der Waals surface area contributed by atoms with Gasteiger partial charge in [0, 0.05) is 31.5 Å². The largest absolute Gasteiger partial charge is 0.337 e. The summed E-state index contributed by atoms with van der Waals surface area (Å²) in [6.07, 6.45) is 8.20. The average Bonchev–Trinajstić information content (AvgIpc) is 2.93. The van der Waals surface area contributed by atoms with Crippen molar-refractivity contribution in [2.45, 2.75) is 25.4 Å². The summed E-state index contributed by atoms with van der Waals surface area (Å²) >= 11 is 0. The Bertz CT molecular complexity index is 509. The van der Waals surface area contributed by atoms with Gasteiger partial charge in [-0.15, -0.1) is 0 Å². The van der Waals surface area contributed by atoms with Gasteiger partial charge in [-0.2, -0.15) is 0 Å².